The predicted octanol–water partition coefficient (Wildman–Crippen LogP) is 3.68. The van der Waals surface area contributed by atoms with Gasteiger partial charge in [0.25, 0.3) is 0 Å². The highest BCUT2D eigenvalue weighted by atomic mass is 32.2. The minimum absolute atomic E-state index is 0.0498. The Morgan fingerprint density at radius 1 is 1.21 bits per heavy atom. The average molecular weight is 413 g/mol. The Labute approximate surface area is 174 Å². The number of benzene rings is 2. The molecule has 0 aromatic heterocycles. The number of hydrogen-bond acceptors (Lipinski definition) is 6. The topological polar surface area (TPSA) is 80.2 Å². The third kappa shape index (κ3) is 5.08. The monoisotopic (exact) mass is 413 g/mol. The number of aliphatic imine (C=N–C) groups is 1. The molecule has 0 radical (unpaired) electrons. The summed E-state index contributed by atoms with van der Waals surface area (Å²) in [6, 6.07) is 14.5. The molecule has 2 amide bonds. The van der Waals surface area contributed by atoms with Gasteiger partial charge in [-0.2, -0.15) is 0 Å². The van der Waals surface area contributed by atoms with E-state index < -0.39 is 5.25 Å². The fraction of sp³-hybridized carbons (Fsp3) is 0.286. The SMILES string of the molecule is CCOc1ccc(N=C2S[C@H](CC(=O)Nc3ccccc3OC)C(=O)N2C)cc1. The zero-order valence-corrected chi connectivity index (χ0v) is 17.4. The Morgan fingerprint density at radius 3 is 2.62 bits per heavy atom. The first-order chi connectivity index (χ1) is 14.0. The maximum absolute atomic E-state index is 12.6. The molecule has 152 valence electrons. The summed E-state index contributed by atoms with van der Waals surface area (Å²) >= 11 is 1.29. The van der Waals surface area contributed by atoms with E-state index >= 15 is 0 Å². The van der Waals surface area contributed by atoms with Crippen molar-refractivity contribution in [2.45, 2.75) is 18.6 Å². The number of rotatable bonds is 7. The first-order valence-electron chi connectivity index (χ1n) is 9.20. The van der Waals surface area contributed by atoms with Crippen LogP contribution in [0.3, 0.4) is 0 Å². The normalized spacial score (nSPS) is 17.5. The molecule has 0 bridgehead atoms. The van der Waals surface area contributed by atoms with Crippen LogP contribution in [0.5, 0.6) is 11.5 Å². The van der Waals surface area contributed by atoms with Gasteiger partial charge in [-0.25, -0.2) is 4.99 Å². The maximum Gasteiger partial charge on any atom is 0.242 e. The van der Waals surface area contributed by atoms with Crippen molar-refractivity contribution in [1.82, 2.24) is 4.90 Å². The second-order valence-corrected chi connectivity index (χ2v) is 7.45. The minimum atomic E-state index is -0.517. The molecule has 2 aromatic rings. The summed E-state index contributed by atoms with van der Waals surface area (Å²) in [6.07, 6.45) is 0.0498. The molecule has 3 rings (SSSR count). The Morgan fingerprint density at radius 2 is 1.93 bits per heavy atom. The van der Waals surface area contributed by atoms with Gasteiger partial charge in [0.05, 0.1) is 25.1 Å². The molecule has 29 heavy (non-hydrogen) atoms. The van der Waals surface area contributed by atoms with E-state index in [1.54, 1.807) is 26.3 Å². The number of thioether (sulfide) groups is 1. The number of amides is 2. The van der Waals surface area contributed by atoms with Crippen LogP contribution < -0.4 is 14.8 Å². The number of nitrogens with zero attached hydrogens (tertiary/aromatic N) is 2. The average Bonchev–Trinajstić information content (AvgIpc) is 2.98. The molecule has 0 aliphatic carbocycles. The van der Waals surface area contributed by atoms with Crippen molar-refractivity contribution in [3.63, 3.8) is 0 Å². The number of ether oxygens (including phenoxy) is 2. The van der Waals surface area contributed by atoms with Gasteiger partial charge >= 0.3 is 0 Å². The van der Waals surface area contributed by atoms with Gasteiger partial charge in [0, 0.05) is 13.5 Å². The van der Waals surface area contributed by atoms with E-state index in [-0.39, 0.29) is 18.2 Å². The van der Waals surface area contributed by atoms with Gasteiger partial charge in [0.15, 0.2) is 5.17 Å². The number of hydrogen-bond donors (Lipinski definition) is 1. The van der Waals surface area contributed by atoms with E-state index in [2.05, 4.69) is 10.3 Å². The van der Waals surface area contributed by atoms with E-state index in [4.69, 9.17) is 9.47 Å². The predicted molar refractivity (Wildman–Crippen MR) is 115 cm³/mol. The molecular formula is C21H23N3O4S. The Hall–Kier alpha value is -3.00. The van der Waals surface area contributed by atoms with Gasteiger partial charge in [0.1, 0.15) is 16.7 Å². The third-order valence-electron chi connectivity index (χ3n) is 4.26. The lowest BCUT2D eigenvalue weighted by Crippen LogP contribution is -2.30. The van der Waals surface area contributed by atoms with Crippen LogP contribution in [0.1, 0.15) is 13.3 Å². The summed E-state index contributed by atoms with van der Waals surface area (Å²) in [7, 11) is 3.21. The molecular weight excluding hydrogens is 390 g/mol. The largest absolute Gasteiger partial charge is 0.495 e. The van der Waals surface area contributed by atoms with Crippen LogP contribution in [-0.4, -0.2) is 47.9 Å². The fourth-order valence-corrected chi connectivity index (χ4v) is 3.96. The van der Waals surface area contributed by atoms with Gasteiger partial charge < -0.3 is 14.8 Å². The third-order valence-corrected chi connectivity index (χ3v) is 5.49. The first-order valence-corrected chi connectivity index (χ1v) is 10.1. The number of carbonyl (C=O) groups excluding carboxylic acids is 2. The lowest BCUT2D eigenvalue weighted by molar-refractivity contribution is -0.127. The van der Waals surface area contributed by atoms with E-state index in [9.17, 15) is 9.59 Å². The van der Waals surface area contributed by atoms with Crippen LogP contribution in [0.4, 0.5) is 11.4 Å². The summed E-state index contributed by atoms with van der Waals surface area (Å²) in [4.78, 5) is 31.0. The summed E-state index contributed by atoms with van der Waals surface area (Å²) in [5.41, 5.74) is 1.29. The second-order valence-electron chi connectivity index (χ2n) is 6.28. The molecule has 1 fully saturated rings. The molecule has 1 atom stereocenters. The molecule has 0 saturated carbocycles. The molecule has 1 saturated heterocycles. The highest BCUT2D eigenvalue weighted by Gasteiger charge is 2.37. The maximum atomic E-state index is 12.6. The van der Waals surface area contributed by atoms with Crippen molar-refractivity contribution in [2.75, 3.05) is 26.1 Å². The summed E-state index contributed by atoms with van der Waals surface area (Å²) in [5, 5.41) is 2.85. The van der Waals surface area contributed by atoms with Crippen LogP contribution in [0.15, 0.2) is 53.5 Å². The van der Waals surface area contributed by atoms with Crippen LogP contribution >= 0.6 is 11.8 Å². The second kappa shape index (κ2) is 9.47. The molecule has 1 heterocycles. The Bertz CT molecular complexity index is 914. The quantitative estimate of drug-likeness (QED) is 0.749. The number of carbonyl (C=O) groups is 2. The van der Waals surface area contributed by atoms with Crippen LogP contribution in [-0.2, 0) is 9.59 Å². The molecule has 1 aliphatic heterocycles. The molecule has 2 aromatic carbocycles. The van der Waals surface area contributed by atoms with Crippen LogP contribution in [0.2, 0.25) is 0 Å². The fourth-order valence-electron chi connectivity index (χ4n) is 2.81. The molecule has 8 heteroatoms. The van der Waals surface area contributed by atoms with Crippen molar-refractivity contribution in [1.29, 1.82) is 0 Å². The highest BCUT2D eigenvalue weighted by molar-refractivity contribution is 8.15. The molecule has 1 aliphatic rings. The number of methoxy groups -OCH3 is 1. The summed E-state index contributed by atoms with van der Waals surface area (Å²) in [6.45, 7) is 2.52. The van der Waals surface area contributed by atoms with Crippen LogP contribution in [0.25, 0.3) is 0 Å². The van der Waals surface area contributed by atoms with Crippen molar-refractivity contribution >= 4 is 40.1 Å². The molecule has 7 nitrogen and oxygen atoms in total. The lowest BCUT2D eigenvalue weighted by Gasteiger charge is -2.11. The summed E-state index contributed by atoms with van der Waals surface area (Å²) in [5.74, 6) is 0.942. The zero-order chi connectivity index (χ0) is 20.8. The van der Waals surface area contributed by atoms with Gasteiger partial charge in [-0.15, -0.1) is 0 Å². The minimum Gasteiger partial charge on any atom is -0.495 e. The molecule has 1 N–H and O–H groups in total. The number of amidine groups is 1. The van der Waals surface area contributed by atoms with Gasteiger partial charge in [0.2, 0.25) is 11.8 Å². The Balaban J connectivity index is 1.65. The first kappa shape index (κ1) is 20.7. The smallest absolute Gasteiger partial charge is 0.242 e. The van der Waals surface area contributed by atoms with Gasteiger partial charge in [-0.1, -0.05) is 23.9 Å². The van der Waals surface area contributed by atoms with E-state index in [1.807, 2.05) is 43.3 Å². The van der Waals surface area contributed by atoms with E-state index in [0.717, 1.165) is 11.4 Å². The van der Waals surface area contributed by atoms with Crippen LogP contribution in [0, 0.1) is 0 Å². The summed E-state index contributed by atoms with van der Waals surface area (Å²) < 4.78 is 10.7. The van der Waals surface area contributed by atoms with Crippen molar-refractivity contribution in [2.24, 2.45) is 4.99 Å². The van der Waals surface area contributed by atoms with Gasteiger partial charge in [-0.05, 0) is 43.3 Å². The number of para-hydroxylation sites is 2. The van der Waals surface area contributed by atoms with E-state index in [0.29, 0.717) is 23.2 Å². The Kier molecular flexibility index (Phi) is 6.77. The van der Waals surface area contributed by atoms with Gasteiger partial charge in [-0.3, -0.25) is 14.5 Å². The van der Waals surface area contributed by atoms with Crippen molar-refractivity contribution in [3.8, 4) is 11.5 Å². The molecule has 0 unspecified atom stereocenters. The lowest BCUT2D eigenvalue weighted by atomic mass is 10.2. The highest BCUT2D eigenvalue weighted by Crippen LogP contribution is 2.32. The van der Waals surface area contributed by atoms with Crippen molar-refractivity contribution in [3.05, 3.63) is 48.5 Å². The zero-order valence-electron chi connectivity index (χ0n) is 16.5. The number of anilines is 1. The molecule has 0 spiro atoms. The standard InChI is InChI=1S/C21H23N3O4S/c1-4-28-15-11-9-14(10-12-15)22-21-24(2)20(26)18(29-21)13-19(25)23-16-7-5-6-8-17(16)27-3/h5-12,18H,4,13H2,1-3H3,(H,23,25)/t18-/m1/s1. The number of nitrogens with one attached hydrogen (secondary N) is 1. The van der Waals surface area contributed by atoms with E-state index in [1.165, 1.54) is 16.7 Å². The van der Waals surface area contributed by atoms with Crippen molar-refractivity contribution < 1.29 is 19.1 Å².